The number of carboxylic acid groups (broad SMARTS) is 1. The van der Waals surface area contributed by atoms with Gasteiger partial charge in [-0.3, -0.25) is 19.3 Å². The zero-order chi connectivity index (χ0) is 36.7. The van der Waals surface area contributed by atoms with E-state index < -0.39 is 49.8 Å². The van der Waals surface area contributed by atoms with Crippen molar-refractivity contribution in [3.8, 4) is 5.75 Å². The molecule has 0 spiro atoms. The number of fused-ring (bicyclic) bond motifs is 3. The molecule has 0 unspecified atom stereocenters. The predicted molar refractivity (Wildman–Crippen MR) is 196 cm³/mol. The number of aliphatic hydroxyl groups is 1. The Morgan fingerprint density at radius 1 is 0.922 bits per heavy atom. The lowest BCUT2D eigenvalue weighted by atomic mass is 9.64. The minimum absolute atomic E-state index is 0.0458. The molecule has 3 aliphatic rings. The molecule has 2 aliphatic heterocycles. The van der Waals surface area contributed by atoms with Crippen LogP contribution in [0.5, 0.6) is 5.75 Å². The van der Waals surface area contributed by atoms with Gasteiger partial charge in [0, 0.05) is 31.4 Å². The van der Waals surface area contributed by atoms with Crippen molar-refractivity contribution in [3.63, 3.8) is 0 Å². The van der Waals surface area contributed by atoms with Crippen LogP contribution in [0.4, 0.5) is 0 Å². The normalized spacial score (nSPS) is 26.3. The third-order valence-electron chi connectivity index (χ3n) is 11.5. The summed E-state index contributed by atoms with van der Waals surface area (Å²) in [5.74, 6) is -5.56. The molecule has 10 heteroatoms. The lowest BCUT2D eigenvalue weighted by molar-refractivity contribution is -0.273. The Bertz CT molecular complexity index is 1700. The molecule has 3 aromatic carbocycles. The molecule has 0 bridgehead atoms. The number of carboxylic acids is 1. The van der Waals surface area contributed by atoms with E-state index in [1.54, 1.807) is 0 Å². The maximum absolute atomic E-state index is 14.1. The summed E-state index contributed by atoms with van der Waals surface area (Å²) in [5.41, 5.74) is 2.20. The van der Waals surface area contributed by atoms with Crippen molar-refractivity contribution in [2.75, 3.05) is 13.2 Å². The molecule has 1 saturated carbocycles. The summed E-state index contributed by atoms with van der Waals surface area (Å²) in [6.45, 7) is 10.6. The monoisotopic (exact) mass is 713 g/mol. The van der Waals surface area contributed by atoms with E-state index >= 15 is 0 Å². The fraction of sp³-hybridized carbons (Fsp3) is 0.488. The van der Waals surface area contributed by atoms with E-state index in [0.717, 1.165) is 15.9 Å². The first kappa shape index (κ1) is 36.9. The number of rotatable bonds is 12. The Balaban J connectivity index is 1.37. The van der Waals surface area contributed by atoms with Gasteiger partial charge in [0.05, 0.1) is 17.9 Å². The summed E-state index contributed by atoms with van der Waals surface area (Å²) in [7, 11) is -3.02. The molecule has 2 saturated heterocycles. The van der Waals surface area contributed by atoms with Gasteiger partial charge in [0.25, 0.3) is 8.32 Å². The van der Waals surface area contributed by atoms with Crippen LogP contribution in [0, 0.1) is 37.5 Å². The summed E-state index contributed by atoms with van der Waals surface area (Å²) < 4.78 is 14.0. The second-order valence-corrected chi connectivity index (χ2v) is 20.1. The molecule has 1 aliphatic carbocycles. The van der Waals surface area contributed by atoms with E-state index in [0.29, 0.717) is 36.8 Å². The maximum atomic E-state index is 14.1. The molecule has 6 atom stereocenters. The topological polar surface area (TPSA) is 134 Å². The highest BCUT2D eigenvalue weighted by atomic mass is 28.4. The molecule has 2 heterocycles. The SMILES string of the molecule is Cc1cc([C@@H]2C[C@H]3[C@H]4C(=O)N(CCCCCC(=O)O)C(=O)[C@H]4C[C@H](CO[Si](c4ccccc4)(c4ccccc4)C(C)(C)C)[C@@]3(O)O2)cc(C)c1O. The van der Waals surface area contributed by atoms with Crippen LogP contribution in [0.3, 0.4) is 0 Å². The van der Waals surface area contributed by atoms with Crippen molar-refractivity contribution in [2.24, 2.45) is 23.7 Å². The Morgan fingerprint density at radius 3 is 2.06 bits per heavy atom. The van der Waals surface area contributed by atoms with Gasteiger partial charge in [0.1, 0.15) is 5.75 Å². The van der Waals surface area contributed by atoms with Crippen molar-refractivity contribution in [3.05, 3.63) is 89.5 Å². The molecule has 0 radical (unpaired) electrons. The number of carbonyl (C=O) groups excluding carboxylic acids is 2. The zero-order valence-corrected chi connectivity index (χ0v) is 31.3. The first-order chi connectivity index (χ1) is 24.2. The summed E-state index contributed by atoms with van der Waals surface area (Å²) in [6, 6.07) is 24.3. The van der Waals surface area contributed by atoms with Crippen molar-refractivity contribution in [1.29, 1.82) is 0 Å². The van der Waals surface area contributed by atoms with Gasteiger partial charge < -0.3 is 24.5 Å². The minimum Gasteiger partial charge on any atom is -0.507 e. The van der Waals surface area contributed by atoms with Crippen LogP contribution in [-0.2, 0) is 23.5 Å². The molecule has 51 heavy (non-hydrogen) atoms. The second kappa shape index (κ2) is 14.3. The van der Waals surface area contributed by atoms with E-state index in [-0.39, 0.29) is 48.6 Å². The number of hydrogen-bond acceptors (Lipinski definition) is 7. The van der Waals surface area contributed by atoms with E-state index in [1.807, 2.05) is 62.4 Å². The molecular weight excluding hydrogens is 663 g/mol. The number of amides is 2. The van der Waals surface area contributed by atoms with Crippen LogP contribution in [-0.4, -0.2) is 65.3 Å². The first-order valence-electron chi connectivity index (χ1n) is 18.2. The highest BCUT2D eigenvalue weighted by Crippen LogP contribution is 2.58. The zero-order valence-electron chi connectivity index (χ0n) is 30.3. The molecule has 3 N–H and O–H groups in total. The smallest absolute Gasteiger partial charge is 0.303 e. The van der Waals surface area contributed by atoms with Gasteiger partial charge in [0.15, 0.2) is 5.79 Å². The highest BCUT2D eigenvalue weighted by molar-refractivity contribution is 6.99. The van der Waals surface area contributed by atoms with Gasteiger partial charge in [-0.2, -0.15) is 0 Å². The number of carbonyl (C=O) groups is 3. The fourth-order valence-corrected chi connectivity index (χ4v) is 13.7. The summed E-state index contributed by atoms with van der Waals surface area (Å²) in [5, 5.41) is 34.2. The van der Waals surface area contributed by atoms with Crippen molar-refractivity contribution in [2.45, 2.75) is 90.1 Å². The highest BCUT2D eigenvalue weighted by Gasteiger charge is 2.67. The van der Waals surface area contributed by atoms with Crippen molar-refractivity contribution >= 4 is 36.5 Å². The Labute approximate surface area is 301 Å². The van der Waals surface area contributed by atoms with Gasteiger partial charge in [-0.1, -0.05) is 87.9 Å². The van der Waals surface area contributed by atoms with Crippen molar-refractivity contribution in [1.82, 2.24) is 4.90 Å². The van der Waals surface area contributed by atoms with Gasteiger partial charge in [-0.25, -0.2) is 0 Å². The average molecular weight is 714 g/mol. The molecule has 6 rings (SSSR count). The first-order valence-corrected chi connectivity index (χ1v) is 20.1. The van der Waals surface area contributed by atoms with E-state index in [2.05, 4.69) is 45.0 Å². The number of phenols is 1. The van der Waals surface area contributed by atoms with E-state index in [4.69, 9.17) is 14.3 Å². The maximum Gasteiger partial charge on any atom is 0.303 e. The molecule has 2 amide bonds. The van der Waals surface area contributed by atoms with Gasteiger partial charge in [-0.15, -0.1) is 0 Å². The van der Waals surface area contributed by atoms with Crippen LogP contribution < -0.4 is 10.4 Å². The van der Waals surface area contributed by atoms with E-state index in [1.165, 1.54) is 4.90 Å². The molecule has 272 valence electrons. The number of nitrogens with zero attached hydrogens (tertiary/aromatic N) is 1. The average Bonchev–Trinajstić information content (AvgIpc) is 3.57. The minimum atomic E-state index is -3.02. The molecule has 9 nitrogen and oxygen atoms in total. The summed E-state index contributed by atoms with van der Waals surface area (Å²) in [6.07, 6.45) is 1.64. The lowest BCUT2D eigenvalue weighted by Crippen LogP contribution is -2.67. The largest absolute Gasteiger partial charge is 0.507 e. The van der Waals surface area contributed by atoms with Crippen LogP contribution in [0.15, 0.2) is 72.8 Å². The number of phenolic OH excluding ortho intramolecular Hbond substituents is 1. The quantitative estimate of drug-likeness (QED) is 0.125. The second-order valence-electron chi connectivity index (χ2n) is 15.8. The van der Waals surface area contributed by atoms with Gasteiger partial charge in [0.2, 0.25) is 11.8 Å². The fourth-order valence-electron chi connectivity index (χ4n) is 9.05. The van der Waals surface area contributed by atoms with Crippen LogP contribution in [0.1, 0.15) is 82.1 Å². The van der Waals surface area contributed by atoms with Crippen LogP contribution in [0.2, 0.25) is 5.04 Å². The van der Waals surface area contributed by atoms with Gasteiger partial charge in [-0.05, 0) is 83.8 Å². The molecule has 3 aromatic rings. The number of unbranched alkanes of at least 4 members (excludes halogenated alkanes) is 2. The van der Waals surface area contributed by atoms with Gasteiger partial charge >= 0.3 is 5.97 Å². The number of likely N-dealkylation sites (tertiary alicyclic amines) is 1. The predicted octanol–water partition coefficient (Wildman–Crippen LogP) is 5.62. The Hall–Kier alpha value is -3.83. The summed E-state index contributed by atoms with van der Waals surface area (Å²) >= 11 is 0. The van der Waals surface area contributed by atoms with E-state index in [9.17, 15) is 24.6 Å². The number of ether oxygens (including phenoxy) is 1. The molecule has 0 aromatic heterocycles. The number of benzene rings is 3. The van der Waals surface area contributed by atoms with Crippen LogP contribution >= 0.6 is 0 Å². The number of aliphatic carboxylic acids is 1. The lowest BCUT2D eigenvalue weighted by Gasteiger charge is -2.48. The molecule has 3 fully saturated rings. The van der Waals surface area contributed by atoms with Crippen LogP contribution in [0.25, 0.3) is 0 Å². The Morgan fingerprint density at radius 2 is 1.51 bits per heavy atom. The summed E-state index contributed by atoms with van der Waals surface area (Å²) in [4.78, 5) is 40.5. The number of aromatic hydroxyl groups is 1. The third kappa shape index (κ3) is 6.67. The standard InChI is InChI=1S/C41H51NO8Si/c1-26-21-28(22-27(2)37(26)45)34-24-33-36-32(38(46)42(39(36)47)20-14-8-13-19-35(43)44)23-29(41(33,48)50-34)25-49-51(40(3,4)5,30-15-9-6-10-16-30)31-17-11-7-12-18-31/h6-7,9-12,15-18,21-22,29,32-34,36,45,48H,8,13-14,19-20,23-25H2,1-5H3,(H,43,44)/t29-,32+,33+,34+,36+,41-/m1/s1. The number of hydrogen-bond donors (Lipinski definition) is 3. The Kier molecular flexibility index (Phi) is 10.4. The number of aryl methyl sites for hydroxylation is 2. The number of imide groups is 1. The van der Waals surface area contributed by atoms with Crippen molar-refractivity contribution < 1.29 is 38.9 Å². The molecular formula is C41H51NO8Si. The third-order valence-corrected chi connectivity index (χ3v) is 16.5.